The van der Waals surface area contributed by atoms with Gasteiger partial charge in [0.15, 0.2) is 0 Å². The first kappa shape index (κ1) is 37.8. The highest BCUT2D eigenvalue weighted by Gasteiger charge is 2.26. The normalized spacial score (nSPS) is 13.8. The van der Waals surface area contributed by atoms with E-state index in [1.807, 2.05) is 0 Å². The first-order chi connectivity index (χ1) is 18.8. The summed E-state index contributed by atoms with van der Waals surface area (Å²) in [5, 5.41) is 13.1. The predicted octanol–water partition coefficient (Wildman–Crippen LogP) is 8.45. The average Bonchev–Trinajstić information content (AvgIpc) is 2.88. The van der Waals surface area contributed by atoms with Gasteiger partial charge in [0.25, 0.3) is 10.1 Å². The lowest BCUT2D eigenvalue weighted by Gasteiger charge is -2.23. The molecule has 2 unspecified atom stereocenters. The highest BCUT2D eigenvalue weighted by Crippen LogP contribution is 2.13. The average molecular weight is 572 g/mol. The molecule has 0 rings (SSSR count). The minimum Gasteiger partial charge on any atom is -0.391 e. The SMILES string of the molecule is CCCCCC/C=C\C/C=C\CCCCCCCCCC(=O)NC(CS(=O)(=O)O)C(O)CCCCCCCC. The Morgan fingerprint density at radius 2 is 1.15 bits per heavy atom. The van der Waals surface area contributed by atoms with Crippen LogP contribution in [-0.4, -0.2) is 41.9 Å². The third-order valence-electron chi connectivity index (χ3n) is 7.16. The van der Waals surface area contributed by atoms with Gasteiger partial charge in [-0.05, 0) is 44.9 Å². The molecule has 0 saturated heterocycles. The Labute approximate surface area is 241 Å². The van der Waals surface area contributed by atoms with Gasteiger partial charge in [-0.3, -0.25) is 9.35 Å². The fourth-order valence-corrected chi connectivity index (χ4v) is 5.48. The van der Waals surface area contributed by atoms with E-state index in [0.717, 1.165) is 64.2 Å². The van der Waals surface area contributed by atoms with Gasteiger partial charge in [-0.2, -0.15) is 8.42 Å². The minimum absolute atomic E-state index is 0.260. The Kier molecular flexibility index (Phi) is 26.2. The summed E-state index contributed by atoms with van der Waals surface area (Å²) in [6, 6.07) is -0.969. The molecule has 0 fully saturated rings. The maximum atomic E-state index is 12.4. The zero-order chi connectivity index (χ0) is 29.0. The van der Waals surface area contributed by atoms with E-state index in [9.17, 15) is 22.9 Å². The Morgan fingerprint density at radius 3 is 1.69 bits per heavy atom. The van der Waals surface area contributed by atoms with Gasteiger partial charge in [-0.1, -0.05) is 128 Å². The zero-order valence-corrected chi connectivity index (χ0v) is 26.1. The van der Waals surface area contributed by atoms with Crippen molar-refractivity contribution in [2.75, 3.05) is 5.75 Å². The topological polar surface area (TPSA) is 104 Å². The summed E-state index contributed by atoms with van der Waals surface area (Å²) >= 11 is 0. The van der Waals surface area contributed by atoms with Crippen molar-refractivity contribution in [3.63, 3.8) is 0 Å². The maximum Gasteiger partial charge on any atom is 0.266 e. The number of hydrogen-bond donors (Lipinski definition) is 3. The number of aliphatic hydroxyl groups is 1. The molecule has 6 nitrogen and oxygen atoms in total. The lowest BCUT2D eigenvalue weighted by Crippen LogP contribution is -2.47. The number of hydrogen-bond acceptors (Lipinski definition) is 4. The van der Waals surface area contributed by atoms with E-state index in [1.54, 1.807) is 0 Å². The quantitative estimate of drug-likeness (QED) is 0.0496. The Hall–Kier alpha value is -1.18. The van der Waals surface area contributed by atoms with Crippen LogP contribution in [0.15, 0.2) is 24.3 Å². The van der Waals surface area contributed by atoms with Crippen LogP contribution in [0, 0.1) is 0 Å². The summed E-state index contributed by atoms with van der Waals surface area (Å²) in [6.45, 7) is 4.40. The second-order valence-corrected chi connectivity index (χ2v) is 12.6. The summed E-state index contributed by atoms with van der Waals surface area (Å²) in [5.74, 6) is -0.912. The van der Waals surface area contributed by atoms with Crippen LogP contribution in [0.4, 0.5) is 0 Å². The van der Waals surface area contributed by atoms with Gasteiger partial charge < -0.3 is 10.4 Å². The third kappa shape index (κ3) is 28.2. The second kappa shape index (κ2) is 27.0. The lowest BCUT2D eigenvalue weighted by molar-refractivity contribution is -0.122. The summed E-state index contributed by atoms with van der Waals surface area (Å²) < 4.78 is 32.1. The third-order valence-corrected chi connectivity index (χ3v) is 7.94. The molecule has 0 aliphatic carbocycles. The van der Waals surface area contributed by atoms with E-state index in [0.29, 0.717) is 12.8 Å². The largest absolute Gasteiger partial charge is 0.391 e. The van der Waals surface area contributed by atoms with Gasteiger partial charge in [0, 0.05) is 6.42 Å². The summed E-state index contributed by atoms with van der Waals surface area (Å²) in [5.41, 5.74) is 0. The number of amides is 1. The van der Waals surface area contributed by atoms with Crippen LogP contribution in [0.2, 0.25) is 0 Å². The number of rotatable bonds is 28. The molecule has 39 heavy (non-hydrogen) atoms. The van der Waals surface area contributed by atoms with Crippen LogP contribution < -0.4 is 5.32 Å². The van der Waals surface area contributed by atoms with Crippen LogP contribution in [0.5, 0.6) is 0 Å². The van der Waals surface area contributed by atoms with E-state index >= 15 is 0 Å². The monoisotopic (exact) mass is 571 g/mol. The first-order valence-electron chi connectivity index (χ1n) is 16.0. The molecule has 0 bridgehead atoms. The number of nitrogens with one attached hydrogen (secondary N) is 1. The first-order valence-corrected chi connectivity index (χ1v) is 17.6. The smallest absolute Gasteiger partial charge is 0.266 e. The molecule has 3 N–H and O–H groups in total. The van der Waals surface area contributed by atoms with Crippen molar-refractivity contribution < 1.29 is 22.9 Å². The molecule has 0 heterocycles. The van der Waals surface area contributed by atoms with Crippen LogP contribution in [0.3, 0.4) is 0 Å². The summed E-state index contributed by atoms with van der Waals surface area (Å²) in [7, 11) is -4.29. The molecule has 0 aliphatic heterocycles. The molecule has 0 saturated carbocycles. The molecular formula is C32H61NO5S. The standard InChI is InChI=1S/C32H61NO5S/c1-3-5-7-9-11-12-13-14-15-16-17-18-19-20-21-22-24-26-28-32(35)33-30(29-39(36,37)38)31(34)27-25-23-10-8-6-4-2/h12-13,15-16,30-31,34H,3-11,14,17-29H2,1-2H3,(H,33,35)(H,36,37,38)/b13-12-,16-15-. The van der Waals surface area contributed by atoms with E-state index in [-0.39, 0.29) is 5.91 Å². The van der Waals surface area contributed by atoms with Gasteiger partial charge >= 0.3 is 0 Å². The van der Waals surface area contributed by atoms with Gasteiger partial charge in [0.2, 0.25) is 5.91 Å². The highest BCUT2D eigenvalue weighted by atomic mass is 32.2. The van der Waals surface area contributed by atoms with Gasteiger partial charge in [-0.15, -0.1) is 0 Å². The molecule has 1 amide bonds. The molecule has 0 radical (unpaired) electrons. The molecule has 0 aromatic rings. The Morgan fingerprint density at radius 1 is 0.692 bits per heavy atom. The van der Waals surface area contributed by atoms with Crippen molar-refractivity contribution in [3.8, 4) is 0 Å². The molecule has 0 spiro atoms. The Bertz CT molecular complexity index is 720. The molecule has 0 aliphatic rings. The van der Waals surface area contributed by atoms with Crippen molar-refractivity contribution in [2.45, 2.75) is 167 Å². The fraction of sp³-hybridized carbons (Fsp3) is 0.844. The Balaban J connectivity index is 3.88. The van der Waals surface area contributed by atoms with E-state index in [4.69, 9.17) is 0 Å². The molecule has 7 heteroatoms. The van der Waals surface area contributed by atoms with Crippen molar-refractivity contribution in [2.24, 2.45) is 0 Å². The second-order valence-electron chi connectivity index (χ2n) is 11.1. The predicted molar refractivity (Wildman–Crippen MR) is 166 cm³/mol. The number of allylic oxidation sites excluding steroid dienone is 4. The molecule has 2 atom stereocenters. The number of carbonyl (C=O) groups excluding carboxylic acids is 1. The van der Waals surface area contributed by atoms with Gasteiger partial charge in [0.1, 0.15) is 0 Å². The van der Waals surface area contributed by atoms with Crippen molar-refractivity contribution in [1.82, 2.24) is 5.32 Å². The number of carbonyl (C=O) groups is 1. The van der Waals surface area contributed by atoms with Crippen LogP contribution >= 0.6 is 0 Å². The number of unbranched alkanes of at least 4 members (excludes halogenated alkanes) is 16. The van der Waals surface area contributed by atoms with Crippen molar-refractivity contribution >= 4 is 16.0 Å². The molecule has 0 aromatic heterocycles. The van der Waals surface area contributed by atoms with Gasteiger partial charge in [-0.25, -0.2) is 0 Å². The van der Waals surface area contributed by atoms with Crippen LogP contribution in [-0.2, 0) is 14.9 Å². The molecular weight excluding hydrogens is 510 g/mol. The maximum absolute atomic E-state index is 12.4. The van der Waals surface area contributed by atoms with Crippen LogP contribution in [0.25, 0.3) is 0 Å². The van der Waals surface area contributed by atoms with E-state index in [2.05, 4.69) is 43.5 Å². The number of aliphatic hydroxyl groups excluding tert-OH is 1. The van der Waals surface area contributed by atoms with E-state index in [1.165, 1.54) is 64.2 Å². The van der Waals surface area contributed by atoms with Crippen LogP contribution in [0.1, 0.15) is 155 Å². The van der Waals surface area contributed by atoms with Crippen molar-refractivity contribution in [1.29, 1.82) is 0 Å². The zero-order valence-electron chi connectivity index (χ0n) is 25.3. The highest BCUT2D eigenvalue weighted by molar-refractivity contribution is 7.85. The van der Waals surface area contributed by atoms with Gasteiger partial charge in [0.05, 0.1) is 17.9 Å². The minimum atomic E-state index is -4.29. The summed E-state index contributed by atoms with van der Waals surface area (Å²) in [6.07, 6.45) is 31.5. The summed E-state index contributed by atoms with van der Waals surface area (Å²) in [4.78, 5) is 12.4. The van der Waals surface area contributed by atoms with E-state index < -0.39 is 28.0 Å². The molecule has 230 valence electrons. The molecule has 0 aromatic carbocycles. The fourth-order valence-electron chi connectivity index (χ4n) is 4.72. The lowest BCUT2D eigenvalue weighted by atomic mass is 10.0. The van der Waals surface area contributed by atoms with Crippen molar-refractivity contribution in [3.05, 3.63) is 24.3 Å².